The topological polar surface area (TPSA) is 52.3 Å². The van der Waals surface area contributed by atoms with Gasteiger partial charge >= 0.3 is 5.30 Å². The monoisotopic (exact) mass is 381 g/mol. The van der Waals surface area contributed by atoms with Crippen LogP contribution >= 0.6 is 23.5 Å². The van der Waals surface area contributed by atoms with Crippen LogP contribution in [-0.2, 0) is 17.1 Å². The SMILES string of the molecule is Nc1ccccc1CSc1ccc(SC(=O)OCc2ccccc2)cc1. The fraction of sp³-hybridized carbons (Fsp3) is 0.0952. The number of carbonyl (C=O) groups is 1. The summed E-state index contributed by atoms with van der Waals surface area (Å²) in [6.45, 7) is 0.291. The number of carbonyl (C=O) groups excluding carboxylic acids is 1. The average molecular weight is 382 g/mol. The lowest BCUT2D eigenvalue weighted by atomic mass is 10.2. The molecule has 0 heterocycles. The molecule has 3 rings (SSSR count). The number of hydrogen-bond donors (Lipinski definition) is 1. The van der Waals surface area contributed by atoms with Gasteiger partial charge in [0.25, 0.3) is 0 Å². The Balaban J connectivity index is 1.48. The number of anilines is 1. The van der Waals surface area contributed by atoms with Gasteiger partial charge in [-0.25, -0.2) is 4.79 Å². The summed E-state index contributed by atoms with van der Waals surface area (Å²) in [4.78, 5) is 13.9. The van der Waals surface area contributed by atoms with E-state index < -0.39 is 0 Å². The minimum Gasteiger partial charge on any atom is -0.452 e. The fourth-order valence-corrected chi connectivity index (χ4v) is 3.77. The fourth-order valence-electron chi connectivity index (χ4n) is 2.27. The van der Waals surface area contributed by atoms with Gasteiger partial charge in [-0.3, -0.25) is 0 Å². The third-order valence-corrected chi connectivity index (χ3v) is 5.53. The van der Waals surface area contributed by atoms with Crippen molar-refractivity contribution < 1.29 is 9.53 Å². The van der Waals surface area contributed by atoms with E-state index in [2.05, 4.69) is 0 Å². The van der Waals surface area contributed by atoms with Crippen molar-refractivity contribution in [1.82, 2.24) is 0 Å². The van der Waals surface area contributed by atoms with Crippen molar-refractivity contribution in [3.8, 4) is 0 Å². The number of nitrogens with two attached hydrogens (primary N) is 1. The zero-order chi connectivity index (χ0) is 18.2. The maximum Gasteiger partial charge on any atom is 0.372 e. The first-order valence-corrected chi connectivity index (χ1v) is 9.96. The van der Waals surface area contributed by atoms with Gasteiger partial charge in [-0.2, -0.15) is 0 Å². The van der Waals surface area contributed by atoms with Crippen LogP contribution in [0.4, 0.5) is 10.5 Å². The largest absolute Gasteiger partial charge is 0.452 e. The Bertz CT molecular complexity index is 851. The molecule has 0 radical (unpaired) electrons. The molecule has 0 saturated carbocycles. The molecule has 0 fully saturated rings. The van der Waals surface area contributed by atoms with E-state index in [0.717, 1.165) is 44.1 Å². The summed E-state index contributed by atoms with van der Waals surface area (Å²) in [5.74, 6) is 0.818. The van der Waals surface area contributed by atoms with Crippen LogP contribution in [0, 0.1) is 0 Å². The molecule has 132 valence electrons. The number of nitrogen functional groups attached to an aromatic ring is 1. The molecule has 3 aromatic carbocycles. The van der Waals surface area contributed by atoms with Gasteiger partial charge in [0.05, 0.1) is 0 Å². The maximum atomic E-state index is 11.9. The highest BCUT2D eigenvalue weighted by Crippen LogP contribution is 2.28. The van der Waals surface area contributed by atoms with Crippen molar-refractivity contribution in [1.29, 1.82) is 0 Å². The normalized spacial score (nSPS) is 10.5. The molecule has 0 saturated heterocycles. The number of hydrogen-bond acceptors (Lipinski definition) is 5. The van der Waals surface area contributed by atoms with E-state index in [0.29, 0.717) is 6.61 Å². The molecule has 0 spiro atoms. The Morgan fingerprint density at radius 1 is 0.846 bits per heavy atom. The minimum absolute atomic E-state index is 0.291. The maximum absolute atomic E-state index is 11.9. The van der Waals surface area contributed by atoms with E-state index in [1.165, 1.54) is 0 Å². The first kappa shape index (κ1) is 18.4. The molecule has 26 heavy (non-hydrogen) atoms. The zero-order valence-electron chi connectivity index (χ0n) is 14.1. The third kappa shape index (κ3) is 5.58. The Morgan fingerprint density at radius 3 is 2.23 bits per heavy atom. The third-order valence-electron chi connectivity index (χ3n) is 3.67. The molecule has 2 N–H and O–H groups in total. The summed E-state index contributed by atoms with van der Waals surface area (Å²) in [5.41, 5.74) is 8.88. The lowest BCUT2D eigenvalue weighted by molar-refractivity contribution is 0.168. The first-order chi connectivity index (χ1) is 12.7. The summed E-state index contributed by atoms with van der Waals surface area (Å²) in [5, 5.41) is -0.300. The van der Waals surface area contributed by atoms with Gasteiger partial charge in [-0.1, -0.05) is 48.5 Å². The van der Waals surface area contributed by atoms with Crippen molar-refractivity contribution >= 4 is 34.5 Å². The standard InChI is InChI=1S/C21H19NO2S2/c22-20-9-5-4-8-17(20)15-25-18-10-12-19(13-11-18)26-21(23)24-14-16-6-2-1-3-7-16/h1-13H,14-15,22H2. The molecule has 5 heteroatoms. The quantitative estimate of drug-likeness (QED) is 0.323. The second kappa shape index (κ2) is 9.36. The van der Waals surface area contributed by atoms with Crippen molar-refractivity contribution in [3.05, 3.63) is 90.0 Å². The lowest BCUT2D eigenvalue weighted by Crippen LogP contribution is -1.97. The second-order valence-corrected chi connectivity index (χ2v) is 7.64. The minimum atomic E-state index is -0.300. The molecule has 3 aromatic rings. The molecule has 0 aliphatic carbocycles. The van der Waals surface area contributed by atoms with Crippen molar-refractivity contribution in [2.24, 2.45) is 0 Å². The molecule has 0 aliphatic rings. The summed E-state index contributed by atoms with van der Waals surface area (Å²) >= 11 is 2.82. The molecular weight excluding hydrogens is 362 g/mol. The van der Waals surface area contributed by atoms with Crippen molar-refractivity contribution in [2.75, 3.05) is 5.73 Å². The highest BCUT2D eigenvalue weighted by molar-refractivity contribution is 8.13. The van der Waals surface area contributed by atoms with Gasteiger partial charge in [-0.05, 0) is 53.2 Å². The van der Waals surface area contributed by atoms with E-state index in [1.54, 1.807) is 11.8 Å². The van der Waals surface area contributed by atoms with Gasteiger partial charge in [-0.15, -0.1) is 11.8 Å². The van der Waals surface area contributed by atoms with Crippen LogP contribution in [0.2, 0.25) is 0 Å². The Morgan fingerprint density at radius 2 is 1.50 bits per heavy atom. The molecular formula is C21H19NO2S2. The van der Waals surface area contributed by atoms with E-state index in [9.17, 15) is 4.79 Å². The molecule has 0 aromatic heterocycles. The predicted octanol–water partition coefficient (Wildman–Crippen LogP) is 5.99. The predicted molar refractivity (Wildman–Crippen MR) is 109 cm³/mol. The van der Waals surface area contributed by atoms with Crippen LogP contribution in [0.25, 0.3) is 0 Å². The summed E-state index contributed by atoms with van der Waals surface area (Å²) in [6, 6.07) is 25.4. The molecule has 0 amide bonds. The summed E-state index contributed by atoms with van der Waals surface area (Å²) in [6.07, 6.45) is 0. The highest BCUT2D eigenvalue weighted by Gasteiger charge is 2.07. The molecule has 0 aliphatic heterocycles. The van der Waals surface area contributed by atoms with Crippen molar-refractivity contribution in [2.45, 2.75) is 22.2 Å². The van der Waals surface area contributed by atoms with E-state index in [1.807, 2.05) is 78.9 Å². The van der Waals surface area contributed by atoms with Crippen LogP contribution in [0.15, 0.2) is 88.7 Å². The molecule has 3 nitrogen and oxygen atoms in total. The first-order valence-electron chi connectivity index (χ1n) is 8.15. The van der Waals surface area contributed by atoms with Gasteiger partial charge in [0.2, 0.25) is 0 Å². The number of benzene rings is 3. The van der Waals surface area contributed by atoms with Crippen LogP contribution in [0.1, 0.15) is 11.1 Å². The van der Waals surface area contributed by atoms with E-state index in [4.69, 9.17) is 10.5 Å². The summed E-state index contributed by atoms with van der Waals surface area (Å²) in [7, 11) is 0. The van der Waals surface area contributed by atoms with Gasteiger partial charge in [0, 0.05) is 21.2 Å². The molecule has 0 atom stereocenters. The van der Waals surface area contributed by atoms with Gasteiger partial charge < -0.3 is 10.5 Å². The van der Waals surface area contributed by atoms with Gasteiger partial charge in [0.15, 0.2) is 0 Å². The lowest BCUT2D eigenvalue weighted by Gasteiger charge is -2.07. The number of para-hydroxylation sites is 1. The highest BCUT2D eigenvalue weighted by atomic mass is 32.2. The Hall–Kier alpha value is -2.37. The smallest absolute Gasteiger partial charge is 0.372 e. The number of rotatable bonds is 6. The molecule has 0 unspecified atom stereocenters. The van der Waals surface area contributed by atoms with Gasteiger partial charge in [0.1, 0.15) is 6.61 Å². The molecule has 0 bridgehead atoms. The second-order valence-electron chi connectivity index (χ2n) is 5.59. The van der Waals surface area contributed by atoms with E-state index in [-0.39, 0.29) is 5.30 Å². The average Bonchev–Trinajstić information content (AvgIpc) is 2.68. The Labute approximate surface area is 162 Å². The number of ether oxygens (including phenoxy) is 1. The zero-order valence-corrected chi connectivity index (χ0v) is 15.8. The van der Waals surface area contributed by atoms with Crippen LogP contribution in [0.5, 0.6) is 0 Å². The Kier molecular flexibility index (Phi) is 6.63. The van der Waals surface area contributed by atoms with Crippen LogP contribution < -0.4 is 5.73 Å². The van der Waals surface area contributed by atoms with Crippen LogP contribution in [0.3, 0.4) is 0 Å². The van der Waals surface area contributed by atoms with Crippen LogP contribution in [-0.4, -0.2) is 5.30 Å². The van der Waals surface area contributed by atoms with E-state index >= 15 is 0 Å². The number of thioether (sulfide) groups is 2. The summed E-state index contributed by atoms with van der Waals surface area (Å²) < 4.78 is 5.29. The van der Waals surface area contributed by atoms with Crippen molar-refractivity contribution in [3.63, 3.8) is 0 Å².